The Morgan fingerprint density at radius 2 is 1.80 bits per heavy atom. The van der Waals surface area contributed by atoms with Crippen LogP contribution in [0, 0.1) is 11.8 Å². The van der Waals surface area contributed by atoms with Gasteiger partial charge < -0.3 is 10.6 Å². The van der Waals surface area contributed by atoms with Crippen LogP contribution in [0.3, 0.4) is 0 Å². The van der Waals surface area contributed by atoms with E-state index in [0.29, 0.717) is 6.54 Å². The zero-order chi connectivity index (χ0) is 15.0. The molecule has 0 aliphatic rings. The van der Waals surface area contributed by atoms with E-state index in [2.05, 4.69) is 22.5 Å². The summed E-state index contributed by atoms with van der Waals surface area (Å²) in [5.41, 5.74) is 2.06. The monoisotopic (exact) mass is 272 g/mol. The van der Waals surface area contributed by atoms with Crippen LogP contribution in [-0.2, 0) is 16.0 Å². The van der Waals surface area contributed by atoms with E-state index in [4.69, 9.17) is 0 Å². The summed E-state index contributed by atoms with van der Waals surface area (Å²) in [4.78, 5) is 21.6. The molecule has 0 bridgehead atoms. The molecule has 2 amide bonds. The highest BCUT2D eigenvalue weighted by Crippen LogP contribution is 2.06. The highest BCUT2D eigenvalue weighted by molar-refractivity contribution is 5.73. The van der Waals surface area contributed by atoms with E-state index in [0.717, 1.165) is 17.5 Å². The van der Waals surface area contributed by atoms with Gasteiger partial charge in [0.1, 0.15) is 0 Å². The Kier molecular flexibility index (Phi) is 6.31. The first-order valence-electron chi connectivity index (χ1n) is 6.56. The second-order valence-electron chi connectivity index (χ2n) is 4.71. The van der Waals surface area contributed by atoms with Gasteiger partial charge in [-0.25, -0.2) is 0 Å². The Labute approximate surface area is 120 Å². The van der Waals surface area contributed by atoms with Gasteiger partial charge in [0.25, 0.3) is 0 Å². The molecule has 0 aromatic heterocycles. The van der Waals surface area contributed by atoms with Crippen molar-refractivity contribution in [3.63, 3.8) is 0 Å². The van der Waals surface area contributed by atoms with Crippen molar-refractivity contribution in [3.05, 3.63) is 35.4 Å². The van der Waals surface area contributed by atoms with Crippen molar-refractivity contribution in [3.8, 4) is 11.8 Å². The molecule has 4 heteroatoms. The van der Waals surface area contributed by atoms with Crippen LogP contribution in [-0.4, -0.2) is 24.4 Å². The number of carbonyl (C=O) groups excluding carboxylic acids is 2. The Hall–Kier alpha value is -2.28. The van der Waals surface area contributed by atoms with Gasteiger partial charge in [-0.2, -0.15) is 0 Å². The Morgan fingerprint density at radius 3 is 2.35 bits per heavy atom. The maximum Gasteiger partial charge on any atom is 0.217 e. The van der Waals surface area contributed by atoms with Crippen molar-refractivity contribution in [1.82, 2.24) is 10.6 Å². The first-order valence-corrected chi connectivity index (χ1v) is 6.56. The van der Waals surface area contributed by atoms with E-state index in [-0.39, 0.29) is 17.9 Å². The third-order valence-electron chi connectivity index (χ3n) is 2.60. The summed E-state index contributed by atoms with van der Waals surface area (Å²) in [6, 6.07) is 8.00. The van der Waals surface area contributed by atoms with Crippen molar-refractivity contribution < 1.29 is 9.59 Å². The van der Waals surface area contributed by atoms with Crippen molar-refractivity contribution in [2.24, 2.45) is 0 Å². The number of nitrogens with one attached hydrogen (secondary N) is 2. The second-order valence-corrected chi connectivity index (χ2v) is 4.71. The summed E-state index contributed by atoms with van der Waals surface area (Å²) in [6.07, 6.45) is 0.791. The molecule has 0 saturated heterocycles. The molecule has 4 nitrogen and oxygen atoms in total. The molecule has 0 radical (unpaired) electrons. The average Bonchev–Trinajstić information content (AvgIpc) is 2.35. The lowest BCUT2D eigenvalue weighted by Gasteiger charge is -2.12. The minimum Gasteiger partial charge on any atom is -0.354 e. The molecular weight excluding hydrogens is 252 g/mol. The van der Waals surface area contributed by atoms with Crippen LogP contribution in [0.25, 0.3) is 0 Å². The molecule has 1 atom stereocenters. The molecule has 0 aliphatic heterocycles. The molecule has 1 aromatic rings. The molecule has 0 saturated carbocycles. The number of hydrogen-bond acceptors (Lipinski definition) is 2. The maximum atomic E-state index is 10.9. The highest BCUT2D eigenvalue weighted by atomic mass is 16.2. The van der Waals surface area contributed by atoms with Gasteiger partial charge in [0.15, 0.2) is 0 Å². The van der Waals surface area contributed by atoms with Crippen LogP contribution in [0.4, 0.5) is 0 Å². The van der Waals surface area contributed by atoms with E-state index in [1.807, 2.05) is 31.2 Å². The molecule has 2 N–H and O–H groups in total. The SMILES string of the molecule is CC(=O)NCC#Cc1ccc(C[C@@H](C)NC(C)=O)cc1. The van der Waals surface area contributed by atoms with Gasteiger partial charge in [0.05, 0.1) is 6.54 Å². The van der Waals surface area contributed by atoms with E-state index < -0.39 is 0 Å². The standard InChI is InChI=1S/C16H20N2O2/c1-12(18-14(3)20)11-16-8-6-15(7-9-16)5-4-10-17-13(2)19/h6-9,12H,10-11H2,1-3H3,(H,17,19)(H,18,20)/t12-/m1/s1. The largest absolute Gasteiger partial charge is 0.354 e. The lowest BCUT2D eigenvalue weighted by atomic mass is 10.1. The quantitative estimate of drug-likeness (QED) is 0.810. The van der Waals surface area contributed by atoms with E-state index in [9.17, 15) is 9.59 Å². The van der Waals surface area contributed by atoms with Crippen LogP contribution in [0.1, 0.15) is 31.9 Å². The highest BCUT2D eigenvalue weighted by Gasteiger charge is 2.04. The lowest BCUT2D eigenvalue weighted by molar-refractivity contribution is -0.120. The summed E-state index contributed by atoms with van der Waals surface area (Å²) in [5.74, 6) is 5.76. The second kappa shape index (κ2) is 8.00. The predicted molar refractivity (Wildman–Crippen MR) is 79.0 cm³/mol. The molecule has 1 aromatic carbocycles. The fourth-order valence-corrected chi connectivity index (χ4v) is 1.79. The fraction of sp³-hybridized carbons (Fsp3) is 0.375. The van der Waals surface area contributed by atoms with Crippen LogP contribution in [0.15, 0.2) is 24.3 Å². The summed E-state index contributed by atoms with van der Waals surface area (Å²) in [7, 11) is 0. The zero-order valence-electron chi connectivity index (χ0n) is 12.1. The van der Waals surface area contributed by atoms with Gasteiger partial charge in [0.2, 0.25) is 11.8 Å². The van der Waals surface area contributed by atoms with Gasteiger partial charge in [-0.05, 0) is 31.0 Å². The summed E-state index contributed by atoms with van der Waals surface area (Å²) in [5, 5.41) is 5.47. The third kappa shape index (κ3) is 6.60. The summed E-state index contributed by atoms with van der Waals surface area (Å²) >= 11 is 0. The zero-order valence-corrected chi connectivity index (χ0v) is 12.1. The van der Waals surface area contributed by atoms with Crippen molar-refractivity contribution in [2.75, 3.05) is 6.54 Å². The fourth-order valence-electron chi connectivity index (χ4n) is 1.79. The number of carbonyl (C=O) groups is 2. The molecule has 0 heterocycles. The number of hydrogen-bond donors (Lipinski definition) is 2. The summed E-state index contributed by atoms with van der Waals surface area (Å²) in [6.45, 7) is 5.32. The number of benzene rings is 1. The predicted octanol–water partition coefficient (Wildman–Crippen LogP) is 1.24. The number of rotatable bonds is 4. The summed E-state index contributed by atoms with van der Waals surface area (Å²) < 4.78 is 0. The molecular formula is C16H20N2O2. The van der Waals surface area contributed by atoms with Crippen molar-refractivity contribution >= 4 is 11.8 Å². The van der Waals surface area contributed by atoms with Crippen molar-refractivity contribution in [1.29, 1.82) is 0 Å². The van der Waals surface area contributed by atoms with E-state index in [1.54, 1.807) is 0 Å². The Morgan fingerprint density at radius 1 is 1.15 bits per heavy atom. The van der Waals surface area contributed by atoms with Gasteiger partial charge in [-0.3, -0.25) is 9.59 Å². The maximum absolute atomic E-state index is 10.9. The topological polar surface area (TPSA) is 58.2 Å². The number of amides is 2. The minimum atomic E-state index is -0.0818. The van der Waals surface area contributed by atoms with Crippen LogP contribution >= 0.6 is 0 Å². The van der Waals surface area contributed by atoms with Gasteiger partial charge >= 0.3 is 0 Å². The molecule has 106 valence electrons. The Bertz CT molecular complexity index is 524. The third-order valence-corrected chi connectivity index (χ3v) is 2.60. The van der Waals surface area contributed by atoms with Crippen LogP contribution in [0.2, 0.25) is 0 Å². The van der Waals surface area contributed by atoms with E-state index in [1.165, 1.54) is 13.8 Å². The van der Waals surface area contributed by atoms with E-state index >= 15 is 0 Å². The first-order chi connectivity index (χ1) is 9.47. The van der Waals surface area contributed by atoms with Crippen LogP contribution in [0.5, 0.6) is 0 Å². The lowest BCUT2D eigenvalue weighted by Crippen LogP contribution is -2.31. The molecule has 0 unspecified atom stereocenters. The molecule has 0 spiro atoms. The van der Waals surface area contributed by atoms with Gasteiger partial charge in [-0.1, -0.05) is 24.0 Å². The molecule has 20 heavy (non-hydrogen) atoms. The Balaban J connectivity index is 2.51. The van der Waals surface area contributed by atoms with Gasteiger partial charge in [-0.15, -0.1) is 0 Å². The van der Waals surface area contributed by atoms with Crippen molar-refractivity contribution in [2.45, 2.75) is 33.2 Å². The molecule has 0 fully saturated rings. The first kappa shape index (κ1) is 15.8. The average molecular weight is 272 g/mol. The smallest absolute Gasteiger partial charge is 0.217 e. The molecule has 0 aliphatic carbocycles. The van der Waals surface area contributed by atoms with Gasteiger partial charge in [0, 0.05) is 25.5 Å². The van der Waals surface area contributed by atoms with Crippen LogP contribution < -0.4 is 10.6 Å². The normalized spacial score (nSPS) is 10.9. The molecule has 1 rings (SSSR count). The minimum absolute atomic E-state index is 0.0158.